The van der Waals surface area contributed by atoms with E-state index in [0.29, 0.717) is 16.3 Å². The van der Waals surface area contributed by atoms with Gasteiger partial charge >= 0.3 is 0 Å². The number of benzene rings is 3. The lowest BCUT2D eigenvalue weighted by atomic mass is 10.2. The molecule has 0 aromatic heterocycles. The standard InChI is InChI=1S/C24H20F4N2O3S/c1-2-19(24(32)30-23-21(27)17(25)12-18(26)22(23)28)34-16-10-6-7-14(11-16)29-20(31)13-33-15-8-4-3-5-9-15/h3-12,19H,2,13H2,1H3,(H,29,31)(H,30,32). The molecule has 3 aromatic rings. The van der Waals surface area contributed by atoms with Gasteiger partial charge in [0.05, 0.1) is 5.25 Å². The molecule has 34 heavy (non-hydrogen) atoms. The fraction of sp³-hybridized carbons (Fsp3) is 0.167. The Labute approximate surface area is 197 Å². The second-order valence-corrected chi connectivity index (χ2v) is 8.30. The van der Waals surface area contributed by atoms with Crippen LogP contribution in [-0.2, 0) is 9.59 Å². The second-order valence-electron chi connectivity index (χ2n) is 7.02. The van der Waals surface area contributed by atoms with Crippen LogP contribution in [0.5, 0.6) is 5.75 Å². The van der Waals surface area contributed by atoms with Crippen LogP contribution < -0.4 is 15.4 Å². The number of para-hydroxylation sites is 1. The largest absolute Gasteiger partial charge is 0.484 e. The molecule has 1 unspecified atom stereocenters. The first kappa shape index (κ1) is 25.1. The quantitative estimate of drug-likeness (QED) is 0.226. The number of amides is 2. The third-order valence-corrected chi connectivity index (χ3v) is 5.89. The van der Waals surface area contributed by atoms with Crippen LogP contribution in [0.4, 0.5) is 28.9 Å². The van der Waals surface area contributed by atoms with Crippen molar-refractivity contribution in [1.82, 2.24) is 0 Å². The number of halogens is 4. The van der Waals surface area contributed by atoms with Gasteiger partial charge in [0.15, 0.2) is 29.9 Å². The van der Waals surface area contributed by atoms with Crippen molar-refractivity contribution in [2.75, 3.05) is 17.2 Å². The van der Waals surface area contributed by atoms with Gasteiger partial charge in [-0.15, -0.1) is 11.8 Å². The van der Waals surface area contributed by atoms with Crippen LogP contribution in [0.15, 0.2) is 65.6 Å². The average molecular weight is 492 g/mol. The van der Waals surface area contributed by atoms with Crippen LogP contribution in [0.25, 0.3) is 0 Å². The van der Waals surface area contributed by atoms with Crippen LogP contribution in [0.2, 0.25) is 0 Å². The van der Waals surface area contributed by atoms with E-state index in [4.69, 9.17) is 4.74 Å². The minimum Gasteiger partial charge on any atom is -0.484 e. The second kappa shape index (κ2) is 11.6. The Balaban J connectivity index is 1.63. The Morgan fingerprint density at radius 2 is 1.59 bits per heavy atom. The summed E-state index contributed by atoms with van der Waals surface area (Å²) in [6.45, 7) is 1.46. The third-order valence-electron chi connectivity index (χ3n) is 4.53. The van der Waals surface area contributed by atoms with Crippen molar-refractivity contribution in [3.05, 3.63) is 83.9 Å². The smallest absolute Gasteiger partial charge is 0.262 e. The Morgan fingerprint density at radius 3 is 2.24 bits per heavy atom. The molecule has 3 rings (SSSR count). The van der Waals surface area contributed by atoms with E-state index in [-0.39, 0.29) is 19.1 Å². The van der Waals surface area contributed by atoms with Crippen molar-refractivity contribution < 1.29 is 31.9 Å². The maximum Gasteiger partial charge on any atom is 0.262 e. The average Bonchev–Trinajstić information content (AvgIpc) is 2.83. The number of hydrogen-bond donors (Lipinski definition) is 2. The SMILES string of the molecule is CCC(Sc1cccc(NC(=O)COc2ccccc2)c1)C(=O)Nc1c(F)c(F)cc(F)c1F. The highest BCUT2D eigenvalue weighted by Crippen LogP contribution is 2.30. The molecule has 0 aliphatic heterocycles. The zero-order valence-electron chi connectivity index (χ0n) is 17.9. The van der Waals surface area contributed by atoms with E-state index in [9.17, 15) is 27.2 Å². The summed E-state index contributed by atoms with van der Waals surface area (Å²) >= 11 is 1.06. The predicted molar refractivity (Wildman–Crippen MR) is 122 cm³/mol. The van der Waals surface area contributed by atoms with E-state index in [1.54, 1.807) is 55.5 Å². The predicted octanol–water partition coefficient (Wildman–Crippen LogP) is 5.77. The molecule has 2 N–H and O–H groups in total. The van der Waals surface area contributed by atoms with Gasteiger partial charge in [-0.25, -0.2) is 17.6 Å². The van der Waals surface area contributed by atoms with Gasteiger partial charge in [-0.1, -0.05) is 31.2 Å². The van der Waals surface area contributed by atoms with E-state index < -0.39 is 46.0 Å². The molecule has 0 aliphatic rings. The summed E-state index contributed by atoms with van der Waals surface area (Å²) in [6.07, 6.45) is 0.249. The molecular formula is C24H20F4N2O3S. The Morgan fingerprint density at radius 1 is 0.912 bits per heavy atom. The number of hydrogen-bond acceptors (Lipinski definition) is 4. The molecule has 2 amide bonds. The van der Waals surface area contributed by atoms with Gasteiger partial charge in [0.1, 0.15) is 11.4 Å². The van der Waals surface area contributed by atoms with Crippen molar-refractivity contribution in [2.24, 2.45) is 0 Å². The van der Waals surface area contributed by atoms with Crippen LogP contribution in [0, 0.1) is 23.3 Å². The number of nitrogens with one attached hydrogen (secondary N) is 2. The van der Waals surface area contributed by atoms with Gasteiger partial charge in [0.25, 0.3) is 5.91 Å². The van der Waals surface area contributed by atoms with Crippen molar-refractivity contribution in [1.29, 1.82) is 0 Å². The first-order valence-electron chi connectivity index (χ1n) is 10.2. The van der Waals surface area contributed by atoms with E-state index in [0.717, 1.165) is 11.8 Å². The normalized spacial score (nSPS) is 11.6. The van der Waals surface area contributed by atoms with E-state index in [1.165, 1.54) is 0 Å². The lowest BCUT2D eigenvalue weighted by molar-refractivity contribution is -0.118. The number of carbonyl (C=O) groups excluding carboxylic acids is 2. The lowest BCUT2D eigenvalue weighted by Gasteiger charge is -2.16. The maximum atomic E-state index is 13.9. The molecule has 178 valence electrons. The molecule has 0 fully saturated rings. The highest BCUT2D eigenvalue weighted by atomic mass is 32.2. The minimum absolute atomic E-state index is 0.0665. The van der Waals surface area contributed by atoms with Crippen molar-refractivity contribution in [2.45, 2.75) is 23.5 Å². The van der Waals surface area contributed by atoms with Gasteiger partial charge in [-0.05, 0) is 36.8 Å². The van der Waals surface area contributed by atoms with Gasteiger partial charge in [0, 0.05) is 16.6 Å². The topological polar surface area (TPSA) is 67.4 Å². The molecule has 0 saturated heterocycles. The zero-order chi connectivity index (χ0) is 24.7. The number of ether oxygens (including phenoxy) is 1. The van der Waals surface area contributed by atoms with Gasteiger partial charge in [-0.3, -0.25) is 9.59 Å². The van der Waals surface area contributed by atoms with Gasteiger partial charge in [-0.2, -0.15) is 0 Å². The molecule has 0 bridgehead atoms. The molecule has 0 aliphatic carbocycles. The van der Waals surface area contributed by atoms with Gasteiger partial charge < -0.3 is 15.4 Å². The summed E-state index contributed by atoms with van der Waals surface area (Å²) in [5.74, 6) is -7.28. The Bertz CT molecular complexity index is 1150. The molecule has 0 spiro atoms. The fourth-order valence-corrected chi connectivity index (χ4v) is 3.90. The van der Waals surface area contributed by atoms with Crippen molar-refractivity contribution in [3.8, 4) is 5.75 Å². The molecule has 0 radical (unpaired) electrons. The summed E-state index contributed by atoms with van der Waals surface area (Å²) in [5.41, 5.74) is -0.729. The summed E-state index contributed by atoms with van der Waals surface area (Å²) < 4.78 is 60.0. The van der Waals surface area contributed by atoms with Crippen molar-refractivity contribution in [3.63, 3.8) is 0 Å². The van der Waals surface area contributed by atoms with Crippen LogP contribution in [-0.4, -0.2) is 23.7 Å². The van der Waals surface area contributed by atoms with Crippen molar-refractivity contribution >= 4 is 35.0 Å². The summed E-state index contributed by atoms with van der Waals surface area (Å²) in [5, 5.41) is 3.78. The van der Waals surface area contributed by atoms with Crippen LogP contribution in [0.1, 0.15) is 13.3 Å². The molecule has 5 nitrogen and oxygen atoms in total. The fourth-order valence-electron chi connectivity index (χ4n) is 2.88. The summed E-state index contributed by atoms with van der Waals surface area (Å²) in [4.78, 5) is 25.3. The van der Waals surface area contributed by atoms with E-state index in [1.807, 2.05) is 11.4 Å². The van der Waals surface area contributed by atoms with Crippen LogP contribution >= 0.6 is 11.8 Å². The minimum atomic E-state index is -1.69. The third kappa shape index (κ3) is 6.50. The number of anilines is 2. The molecule has 0 heterocycles. The lowest BCUT2D eigenvalue weighted by Crippen LogP contribution is -2.26. The highest BCUT2D eigenvalue weighted by Gasteiger charge is 2.25. The van der Waals surface area contributed by atoms with E-state index >= 15 is 0 Å². The number of rotatable bonds is 9. The monoisotopic (exact) mass is 492 g/mol. The molecule has 0 saturated carbocycles. The summed E-state index contributed by atoms with van der Waals surface area (Å²) in [7, 11) is 0. The maximum absolute atomic E-state index is 13.9. The van der Waals surface area contributed by atoms with Crippen LogP contribution in [0.3, 0.4) is 0 Å². The van der Waals surface area contributed by atoms with Gasteiger partial charge in [0.2, 0.25) is 5.91 Å². The molecule has 3 aromatic carbocycles. The zero-order valence-corrected chi connectivity index (χ0v) is 18.7. The Kier molecular flexibility index (Phi) is 8.53. The van der Waals surface area contributed by atoms with E-state index in [2.05, 4.69) is 5.32 Å². The molecule has 10 heteroatoms. The first-order valence-corrected chi connectivity index (χ1v) is 11.0. The molecule has 1 atom stereocenters. The number of carbonyl (C=O) groups is 2. The first-order chi connectivity index (χ1) is 16.3. The Hall–Kier alpha value is -3.53. The number of thioether (sulfide) groups is 1. The molecular weight excluding hydrogens is 472 g/mol. The highest BCUT2D eigenvalue weighted by molar-refractivity contribution is 8.00. The summed E-state index contributed by atoms with van der Waals surface area (Å²) in [6, 6.07) is 15.5.